The molecule has 4 heteroatoms. The quantitative estimate of drug-likeness (QED) is 0.677. The summed E-state index contributed by atoms with van der Waals surface area (Å²) in [6.07, 6.45) is 13.5. The molecule has 2 heterocycles. The fourth-order valence-electron chi connectivity index (χ4n) is 2.30. The standard InChI is InChI=1S/C12H13N3O/c13-11(16)12-6-5-9(12)8-15-7-3-1-2-4-10(15)14-12/h1-4,7-8,14H,5-6H2,(H2,13,16). The van der Waals surface area contributed by atoms with Gasteiger partial charge in [-0.2, -0.15) is 0 Å². The Labute approximate surface area is 93.8 Å². The van der Waals surface area contributed by atoms with Crippen molar-refractivity contribution in [3.8, 4) is 0 Å². The lowest BCUT2D eigenvalue weighted by Crippen LogP contribution is -2.64. The molecule has 0 spiro atoms. The van der Waals surface area contributed by atoms with Gasteiger partial charge >= 0.3 is 0 Å². The van der Waals surface area contributed by atoms with Gasteiger partial charge in [0.15, 0.2) is 0 Å². The summed E-state index contributed by atoms with van der Waals surface area (Å²) >= 11 is 0. The Morgan fingerprint density at radius 2 is 2.31 bits per heavy atom. The first-order valence-corrected chi connectivity index (χ1v) is 5.35. The van der Waals surface area contributed by atoms with Gasteiger partial charge in [0.05, 0.1) is 0 Å². The van der Waals surface area contributed by atoms with Crippen molar-refractivity contribution in [2.75, 3.05) is 0 Å². The first-order chi connectivity index (χ1) is 7.72. The number of hydrogen-bond donors (Lipinski definition) is 2. The molecule has 82 valence electrons. The average Bonchev–Trinajstić information content (AvgIpc) is 2.44. The van der Waals surface area contributed by atoms with E-state index < -0.39 is 5.54 Å². The van der Waals surface area contributed by atoms with Crippen molar-refractivity contribution in [2.24, 2.45) is 5.73 Å². The van der Waals surface area contributed by atoms with Gasteiger partial charge in [0.2, 0.25) is 5.91 Å². The van der Waals surface area contributed by atoms with E-state index in [4.69, 9.17) is 5.73 Å². The number of nitrogens with two attached hydrogens (primary N) is 1. The zero-order chi connectivity index (χ0) is 11.2. The lowest BCUT2D eigenvalue weighted by molar-refractivity contribution is -0.124. The lowest BCUT2D eigenvalue weighted by atomic mass is 9.70. The monoisotopic (exact) mass is 215 g/mol. The van der Waals surface area contributed by atoms with Gasteiger partial charge in [0, 0.05) is 12.4 Å². The number of carbonyl (C=O) groups excluding carboxylic acids is 1. The largest absolute Gasteiger partial charge is 0.367 e. The van der Waals surface area contributed by atoms with E-state index in [1.54, 1.807) is 0 Å². The maximum absolute atomic E-state index is 11.5. The van der Waals surface area contributed by atoms with Gasteiger partial charge in [0.1, 0.15) is 11.4 Å². The molecule has 1 atom stereocenters. The molecule has 1 aliphatic carbocycles. The minimum absolute atomic E-state index is 0.289. The third kappa shape index (κ3) is 1.07. The highest BCUT2D eigenvalue weighted by molar-refractivity contribution is 5.91. The molecule has 1 unspecified atom stereocenters. The highest BCUT2D eigenvalue weighted by Crippen LogP contribution is 2.42. The van der Waals surface area contributed by atoms with Crippen LogP contribution in [0.3, 0.4) is 0 Å². The third-order valence-corrected chi connectivity index (χ3v) is 3.38. The number of nitrogens with one attached hydrogen (secondary N) is 1. The van der Waals surface area contributed by atoms with Gasteiger partial charge in [-0.1, -0.05) is 12.2 Å². The predicted octanol–water partition coefficient (Wildman–Crippen LogP) is 0.718. The Bertz CT molecular complexity index is 473. The molecule has 1 amide bonds. The summed E-state index contributed by atoms with van der Waals surface area (Å²) in [5.41, 5.74) is 5.92. The lowest BCUT2D eigenvalue weighted by Gasteiger charge is -2.48. The molecule has 3 aliphatic rings. The summed E-state index contributed by atoms with van der Waals surface area (Å²) in [4.78, 5) is 13.5. The minimum atomic E-state index is -0.631. The number of rotatable bonds is 1. The molecular formula is C12H13N3O. The van der Waals surface area contributed by atoms with Crippen LogP contribution in [0.25, 0.3) is 0 Å². The van der Waals surface area contributed by atoms with E-state index in [1.807, 2.05) is 41.6 Å². The van der Waals surface area contributed by atoms with E-state index in [0.717, 1.165) is 24.2 Å². The van der Waals surface area contributed by atoms with E-state index in [-0.39, 0.29) is 5.91 Å². The molecular weight excluding hydrogens is 202 g/mol. The van der Waals surface area contributed by atoms with Crippen LogP contribution in [0, 0.1) is 0 Å². The summed E-state index contributed by atoms with van der Waals surface area (Å²) in [6.45, 7) is 0. The van der Waals surface area contributed by atoms with Crippen LogP contribution in [0.5, 0.6) is 0 Å². The fraction of sp³-hybridized carbons (Fsp3) is 0.250. The van der Waals surface area contributed by atoms with Crippen molar-refractivity contribution in [2.45, 2.75) is 18.4 Å². The highest BCUT2D eigenvalue weighted by Gasteiger charge is 2.50. The van der Waals surface area contributed by atoms with Crippen molar-refractivity contribution >= 4 is 5.91 Å². The molecule has 0 radical (unpaired) electrons. The van der Waals surface area contributed by atoms with Crippen LogP contribution in [0.15, 0.2) is 48.1 Å². The molecule has 2 aliphatic heterocycles. The average molecular weight is 215 g/mol. The highest BCUT2D eigenvalue weighted by atomic mass is 16.1. The van der Waals surface area contributed by atoms with Gasteiger partial charge in [0.25, 0.3) is 0 Å². The normalized spacial score (nSPS) is 30.1. The number of fused-ring (bicyclic) bond motifs is 2. The fourth-order valence-corrected chi connectivity index (χ4v) is 2.30. The van der Waals surface area contributed by atoms with Gasteiger partial charge in [-0.15, -0.1) is 0 Å². The molecule has 0 aromatic rings. The molecule has 3 rings (SSSR count). The molecule has 0 bridgehead atoms. The van der Waals surface area contributed by atoms with Crippen LogP contribution in [0.1, 0.15) is 12.8 Å². The van der Waals surface area contributed by atoms with Crippen LogP contribution < -0.4 is 11.1 Å². The SMILES string of the molecule is NC(=O)C12CCC1=CN1C=CC=CC=C1N2. The summed E-state index contributed by atoms with van der Waals surface area (Å²) < 4.78 is 0. The molecule has 0 aromatic carbocycles. The maximum atomic E-state index is 11.5. The van der Waals surface area contributed by atoms with Crippen molar-refractivity contribution in [1.29, 1.82) is 0 Å². The summed E-state index contributed by atoms with van der Waals surface area (Å²) in [6, 6.07) is 0. The van der Waals surface area contributed by atoms with Gasteiger partial charge < -0.3 is 16.0 Å². The smallest absolute Gasteiger partial charge is 0.247 e. The Morgan fingerprint density at radius 1 is 1.44 bits per heavy atom. The van der Waals surface area contributed by atoms with E-state index in [0.29, 0.717) is 0 Å². The zero-order valence-corrected chi connectivity index (χ0v) is 8.81. The number of nitrogens with zero attached hydrogens (tertiary/aromatic N) is 1. The summed E-state index contributed by atoms with van der Waals surface area (Å²) in [5.74, 6) is 0.606. The second kappa shape index (κ2) is 3.01. The van der Waals surface area contributed by atoms with Crippen LogP contribution in [0.2, 0.25) is 0 Å². The summed E-state index contributed by atoms with van der Waals surface area (Å²) in [7, 11) is 0. The number of allylic oxidation sites excluding steroid dienone is 4. The topological polar surface area (TPSA) is 58.4 Å². The molecule has 1 fully saturated rings. The molecule has 16 heavy (non-hydrogen) atoms. The van der Waals surface area contributed by atoms with E-state index >= 15 is 0 Å². The van der Waals surface area contributed by atoms with Crippen molar-refractivity contribution in [1.82, 2.24) is 10.2 Å². The Hall–Kier alpha value is -1.97. The van der Waals surface area contributed by atoms with Gasteiger partial charge in [-0.25, -0.2) is 0 Å². The number of amides is 1. The van der Waals surface area contributed by atoms with E-state index in [9.17, 15) is 4.79 Å². The Balaban J connectivity index is 2.05. The van der Waals surface area contributed by atoms with Crippen LogP contribution >= 0.6 is 0 Å². The molecule has 0 saturated heterocycles. The van der Waals surface area contributed by atoms with Crippen molar-refractivity contribution in [3.63, 3.8) is 0 Å². The van der Waals surface area contributed by atoms with E-state index in [1.165, 1.54) is 0 Å². The van der Waals surface area contributed by atoms with Crippen LogP contribution in [-0.2, 0) is 4.79 Å². The summed E-state index contributed by atoms with van der Waals surface area (Å²) in [5, 5.41) is 3.25. The van der Waals surface area contributed by atoms with Gasteiger partial charge in [-0.3, -0.25) is 4.79 Å². The molecule has 0 aromatic heterocycles. The van der Waals surface area contributed by atoms with Crippen molar-refractivity contribution < 1.29 is 4.79 Å². The number of hydrogen-bond acceptors (Lipinski definition) is 3. The maximum Gasteiger partial charge on any atom is 0.247 e. The second-order valence-corrected chi connectivity index (χ2v) is 4.23. The Kier molecular flexibility index (Phi) is 1.74. The zero-order valence-electron chi connectivity index (χ0n) is 8.81. The minimum Gasteiger partial charge on any atom is -0.367 e. The molecule has 3 N–H and O–H groups in total. The van der Waals surface area contributed by atoms with Crippen molar-refractivity contribution in [3.05, 3.63) is 48.1 Å². The van der Waals surface area contributed by atoms with Crippen LogP contribution in [0.4, 0.5) is 0 Å². The number of carbonyl (C=O) groups is 1. The van der Waals surface area contributed by atoms with Gasteiger partial charge in [-0.05, 0) is 30.6 Å². The Morgan fingerprint density at radius 3 is 3.00 bits per heavy atom. The third-order valence-electron chi connectivity index (χ3n) is 3.38. The first-order valence-electron chi connectivity index (χ1n) is 5.35. The molecule has 4 nitrogen and oxygen atoms in total. The predicted molar refractivity (Wildman–Crippen MR) is 60.6 cm³/mol. The number of primary amides is 1. The van der Waals surface area contributed by atoms with Crippen LogP contribution in [-0.4, -0.2) is 16.3 Å². The van der Waals surface area contributed by atoms with E-state index in [2.05, 4.69) is 5.32 Å². The molecule has 1 saturated carbocycles. The first kappa shape index (κ1) is 9.27. The second-order valence-electron chi connectivity index (χ2n) is 4.23.